The van der Waals surface area contributed by atoms with Crippen LogP contribution in [0.15, 0.2) is 48.5 Å². The highest BCUT2D eigenvalue weighted by Crippen LogP contribution is 2.33. The third kappa shape index (κ3) is 6.64. The molecule has 0 aliphatic rings. The van der Waals surface area contributed by atoms with Gasteiger partial charge in [-0.3, -0.25) is 0 Å². The Morgan fingerprint density at radius 1 is 0.970 bits per heavy atom. The van der Waals surface area contributed by atoms with E-state index in [1.807, 2.05) is 13.8 Å². The summed E-state index contributed by atoms with van der Waals surface area (Å²) >= 11 is 0. The van der Waals surface area contributed by atoms with Gasteiger partial charge in [0.1, 0.15) is 23.1 Å². The molecule has 0 spiro atoms. The first-order valence-electron chi connectivity index (χ1n) is 10.2. The highest BCUT2D eigenvalue weighted by atomic mass is 19.4. The first kappa shape index (κ1) is 24.0. The lowest BCUT2D eigenvalue weighted by Gasteiger charge is -2.16. The minimum Gasteiger partial charge on any atom is -0.497 e. The van der Waals surface area contributed by atoms with Gasteiger partial charge in [-0.05, 0) is 37.6 Å². The fraction of sp³-hybridized carbons (Fsp3) is 0.304. The molecule has 0 amide bonds. The number of alkyl halides is 3. The molecule has 2 aromatic carbocycles. The summed E-state index contributed by atoms with van der Waals surface area (Å²) in [5.74, 6) is 1.59. The van der Waals surface area contributed by atoms with Gasteiger partial charge in [0.2, 0.25) is 5.95 Å². The molecule has 1 aromatic heterocycles. The molecule has 0 fully saturated rings. The maximum atomic E-state index is 12.7. The number of hydrogen-bond donors (Lipinski definition) is 2. The minimum atomic E-state index is -4.79. The molecule has 176 valence electrons. The smallest absolute Gasteiger partial charge is 0.497 e. The fourth-order valence-electron chi connectivity index (χ4n) is 2.94. The van der Waals surface area contributed by atoms with Crippen molar-refractivity contribution in [3.63, 3.8) is 0 Å². The third-order valence-electron chi connectivity index (χ3n) is 4.75. The molecule has 0 bridgehead atoms. The SMILES string of the molecule is CC[C@H](C)Nc1nc(Nc2ccc(OC)cc2OC)cc(-c2cccc(OC(F)(F)F)c2)n1. The van der Waals surface area contributed by atoms with Gasteiger partial charge in [0, 0.05) is 23.7 Å². The van der Waals surface area contributed by atoms with Crippen LogP contribution in [-0.2, 0) is 0 Å². The van der Waals surface area contributed by atoms with Gasteiger partial charge in [0.25, 0.3) is 0 Å². The van der Waals surface area contributed by atoms with Crippen LogP contribution >= 0.6 is 0 Å². The lowest BCUT2D eigenvalue weighted by molar-refractivity contribution is -0.274. The summed E-state index contributed by atoms with van der Waals surface area (Å²) in [4.78, 5) is 9.00. The molecule has 1 heterocycles. The van der Waals surface area contributed by atoms with E-state index in [-0.39, 0.29) is 11.8 Å². The van der Waals surface area contributed by atoms with Crippen LogP contribution in [0.2, 0.25) is 0 Å². The molecule has 0 aliphatic heterocycles. The van der Waals surface area contributed by atoms with E-state index in [1.165, 1.54) is 25.3 Å². The predicted octanol–water partition coefficient (Wildman–Crippen LogP) is 6.01. The standard InChI is InChI=1S/C23H25F3N4O3/c1-5-14(2)27-22-29-19(15-7-6-8-17(11-15)33-23(24,25)26)13-21(30-22)28-18-10-9-16(31-3)12-20(18)32-4/h6-14H,5H2,1-4H3,(H2,27,28,29,30)/t14-/m0/s1. The maximum Gasteiger partial charge on any atom is 0.573 e. The summed E-state index contributed by atoms with van der Waals surface area (Å²) in [6, 6.07) is 12.6. The number of nitrogens with zero attached hydrogens (tertiary/aromatic N) is 2. The summed E-state index contributed by atoms with van der Waals surface area (Å²) in [6.45, 7) is 3.99. The van der Waals surface area contributed by atoms with Crippen LogP contribution in [0.4, 0.5) is 30.6 Å². The molecule has 3 aromatic rings. The number of nitrogens with one attached hydrogen (secondary N) is 2. The monoisotopic (exact) mass is 462 g/mol. The van der Waals surface area contributed by atoms with Crippen LogP contribution in [0.1, 0.15) is 20.3 Å². The van der Waals surface area contributed by atoms with Crippen LogP contribution in [0.25, 0.3) is 11.3 Å². The fourth-order valence-corrected chi connectivity index (χ4v) is 2.94. The van der Waals surface area contributed by atoms with Gasteiger partial charge >= 0.3 is 6.36 Å². The highest BCUT2D eigenvalue weighted by Gasteiger charge is 2.31. The Morgan fingerprint density at radius 2 is 1.76 bits per heavy atom. The summed E-state index contributed by atoms with van der Waals surface area (Å²) in [7, 11) is 3.09. The van der Waals surface area contributed by atoms with Gasteiger partial charge in [-0.25, -0.2) is 4.98 Å². The van der Waals surface area contributed by atoms with E-state index in [4.69, 9.17) is 9.47 Å². The number of aromatic nitrogens is 2. The van der Waals surface area contributed by atoms with Gasteiger partial charge in [-0.2, -0.15) is 4.98 Å². The Labute approximate surface area is 189 Å². The first-order chi connectivity index (χ1) is 15.7. The zero-order valence-electron chi connectivity index (χ0n) is 18.7. The van der Waals surface area contributed by atoms with Gasteiger partial charge in [-0.1, -0.05) is 19.1 Å². The number of methoxy groups -OCH3 is 2. The Morgan fingerprint density at radius 3 is 2.42 bits per heavy atom. The zero-order chi connectivity index (χ0) is 24.0. The van der Waals surface area contributed by atoms with Gasteiger partial charge in [-0.15, -0.1) is 13.2 Å². The van der Waals surface area contributed by atoms with Crippen molar-refractivity contribution in [2.75, 3.05) is 24.9 Å². The van der Waals surface area contributed by atoms with Crippen molar-refractivity contribution >= 4 is 17.5 Å². The quantitative estimate of drug-likeness (QED) is 0.403. The minimum absolute atomic E-state index is 0.0866. The van der Waals surface area contributed by atoms with E-state index in [9.17, 15) is 13.2 Å². The highest BCUT2D eigenvalue weighted by molar-refractivity contribution is 5.71. The second kappa shape index (κ2) is 10.3. The van der Waals surface area contributed by atoms with E-state index in [2.05, 4.69) is 25.3 Å². The number of ether oxygens (including phenoxy) is 3. The Hall–Kier alpha value is -3.69. The van der Waals surface area contributed by atoms with E-state index in [1.54, 1.807) is 37.4 Å². The second-order valence-corrected chi connectivity index (χ2v) is 7.18. The molecule has 0 unspecified atom stereocenters. The largest absolute Gasteiger partial charge is 0.573 e. The first-order valence-corrected chi connectivity index (χ1v) is 10.2. The lowest BCUT2D eigenvalue weighted by atomic mass is 10.1. The number of rotatable bonds is 9. The van der Waals surface area contributed by atoms with Gasteiger partial charge in [0.15, 0.2) is 0 Å². The molecule has 33 heavy (non-hydrogen) atoms. The molecule has 3 rings (SSSR count). The topological polar surface area (TPSA) is 77.5 Å². The molecule has 0 saturated carbocycles. The van der Waals surface area contributed by atoms with Crippen LogP contribution in [0.3, 0.4) is 0 Å². The van der Waals surface area contributed by atoms with Crippen LogP contribution in [-0.4, -0.2) is 36.6 Å². The van der Waals surface area contributed by atoms with E-state index in [0.29, 0.717) is 40.2 Å². The Kier molecular flexibility index (Phi) is 7.47. The van der Waals surface area contributed by atoms with Crippen molar-refractivity contribution in [1.82, 2.24) is 9.97 Å². The molecule has 10 heteroatoms. The van der Waals surface area contributed by atoms with Gasteiger partial charge in [0.05, 0.1) is 25.6 Å². The Balaban J connectivity index is 2.01. The maximum absolute atomic E-state index is 12.7. The Bertz CT molecular complexity index is 1090. The normalized spacial score (nSPS) is 12.1. The zero-order valence-corrected chi connectivity index (χ0v) is 18.7. The summed E-state index contributed by atoms with van der Waals surface area (Å²) < 4.78 is 52.7. The van der Waals surface area contributed by atoms with E-state index < -0.39 is 6.36 Å². The molecule has 7 nitrogen and oxygen atoms in total. The van der Waals surface area contributed by atoms with Crippen molar-refractivity contribution in [1.29, 1.82) is 0 Å². The molecule has 0 radical (unpaired) electrons. The number of halogens is 3. The molecular formula is C23H25F3N4O3. The van der Waals surface area contributed by atoms with Crippen LogP contribution in [0, 0.1) is 0 Å². The van der Waals surface area contributed by atoms with Crippen molar-refractivity contribution in [2.45, 2.75) is 32.7 Å². The summed E-state index contributed by atoms with van der Waals surface area (Å²) in [5, 5.41) is 6.39. The average Bonchev–Trinajstić information content (AvgIpc) is 2.78. The van der Waals surface area contributed by atoms with E-state index >= 15 is 0 Å². The van der Waals surface area contributed by atoms with Crippen molar-refractivity contribution in [2.24, 2.45) is 0 Å². The average molecular weight is 462 g/mol. The second-order valence-electron chi connectivity index (χ2n) is 7.18. The van der Waals surface area contributed by atoms with Crippen LogP contribution < -0.4 is 24.8 Å². The van der Waals surface area contributed by atoms with Crippen molar-refractivity contribution in [3.8, 4) is 28.5 Å². The van der Waals surface area contributed by atoms with Crippen molar-refractivity contribution < 1.29 is 27.4 Å². The van der Waals surface area contributed by atoms with E-state index in [0.717, 1.165) is 6.42 Å². The molecule has 0 saturated heterocycles. The summed E-state index contributed by atoms with van der Waals surface area (Å²) in [5.41, 5.74) is 1.49. The van der Waals surface area contributed by atoms with Crippen molar-refractivity contribution in [3.05, 3.63) is 48.5 Å². The van der Waals surface area contributed by atoms with Crippen LogP contribution in [0.5, 0.6) is 17.2 Å². The predicted molar refractivity (Wildman–Crippen MR) is 120 cm³/mol. The molecule has 0 aliphatic carbocycles. The molecular weight excluding hydrogens is 437 g/mol. The lowest BCUT2D eigenvalue weighted by Crippen LogP contribution is -2.17. The summed E-state index contributed by atoms with van der Waals surface area (Å²) in [6.07, 6.45) is -3.96. The van der Waals surface area contributed by atoms with Gasteiger partial charge < -0.3 is 24.8 Å². The number of anilines is 3. The number of benzene rings is 2. The third-order valence-corrected chi connectivity index (χ3v) is 4.75. The molecule has 1 atom stereocenters. The molecule has 2 N–H and O–H groups in total. The number of hydrogen-bond acceptors (Lipinski definition) is 7.